The molecule has 0 spiro atoms. The van der Waals surface area contributed by atoms with Gasteiger partial charge < -0.3 is 5.73 Å². The maximum Gasteiger partial charge on any atom is 0.348 e. The zero-order valence-electron chi connectivity index (χ0n) is 17.0. The first-order chi connectivity index (χ1) is 13.8. The third-order valence-electron chi connectivity index (χ3n) is 5.21. The van der Waals surface area contributed by atoms with Gasteiger partial charge in [-0.1, -0.05) is 75.4 Å². The molecule has 0 radical (unpaired) electrons. The van der Waals surface area contributed by atoms with Gasteiger partial charge in [-0.2, -0.15) is 4.98 Å². The van der Waals surface area contributed by atoms with Crippen LogP contribution < -0.4 is 11.4 Å². The summed E-state index contributed by atoms with van der Waals surface area (Å²) in [7, 11) is 0. The molecule has 0 bridgehead atoms. The second-order valence-corrected chi connectivity index (χ2v) is 8.42. The van der Waals surface area contributed by atoms with Crippen LogP contribution in [0.2, 0.25) is 0 Å². The quantitative estimate of drug-likeness (QED) is 0.507. The lowest BCUT2D eigenvalue weighted by Crippen LogP contribution is -2.24. The lowest BCUT2D eigenvalue weighted by molar-refractivity contribution is 0.590. The summed E-state index contributed by atoms with van der Waals surface area (Å²) in [6.45, 7) is 7.01. The minimum Gasteiger partial charge on any atom is -0.399 e. The maximum atomic E-state index is 13.0. The molecule has 1 heterocycles. The van der Waals surface area contributed by atoms with E-state index in [0.717, 1.165) is 22.0 Å². The van der Waals surface area contributed by atoms with Crippen molar-refractivity contribution in [2.45, 2.75) is 32.7 Å². The number of nitrogen functional groups attached to an aromatic ring is 1. The number of nitrogens with zero attached hydrogens (tertiary/aromatic N) is 2. The van der Waals surface area contributed by atoms with Gasteiger partial charge in [0.1, 0.15) is 0 Å². The minimum absolute atomic E-state index is 0.0670. The normalized spacial score (nSPS) is 11.7. The highest BCUT2D eigenvalue weighted by atomic mass is 16.1. The van der Waals surface area contributed by atoms with Crippen LogP contribution in [0.15, 0.2) is 77.6 Å². The van der Waals surface area contributed by atoms with E-state index < -0.39 is 0 Å². The van der Waals surface area contributed by atoms with Crippen molar-refractivity contribution < 1.29 is 0 Å². The Hall–Kier alpha value is -3.40. The molecule has 4 heteroatoms. The predicted octanol–water partition coefficient (Wildman–Crippen LogP) is 4.99. The molecule has 3 aromatic carbocycles. The maximum absolute atomic E-state index is 13.0. The molecule has 0 fully saturated rings. The van der Waals surface area contributed by atoms with Crippen LogP contribution >= 0.6 is 0 Å². The number of benzene rings is 3. The second kappa shape index (κ2) is 7.21. The van der Waals surface area contributed by atoms with Crippen molar-refractivity contribution in [3.8, 4) is 11.3 Å². The molecule has 4 rings (SSSR count). The lowest BCUT2D eigenvalue weighted by Gasteiger charge is -2.19. The summed E-state index contributed by atoms with van der Waals surface area (Å²) in [5.41, 5.74) is 11.2. The van der Waals surface area contributed by atoms with Crippen molar-refractivity contribution in [2.24, 2.45) is 0 Å². The van der Waals surface area contributed by atoms with Crippen LogP contribution in [0.1, 0.15) is 31.9 Å². The van der Waals surface area contributed by atoms with Crippen molar-refractivity contribution >= 4 is 16.6 Å². The Balaban J connectivity index is 1.89. The molecule has 146 valence electrons. The Morgan fingerprint density at radius 1 is 0.931 bits per heavy atom. The number of fused-ring (bicyclic) bond motifs is 1. The number of hydrogen-bond donors (Lipinski definition) is 1. The molecule has 0 atom stereocenters. The van der Waals surface area contributed by atoms with Crippen molar-refractivity contribution in [3.05, 3.63) is 94.4 Å². The highest BCUT2D eigenvalue weighted by molar-refractivity contribution is 5.94. The average Bonchev–Trinajstić information content (AvgIpc) is 2.70. The van der Waals surface area contributed by atoms with Crippen LogP contribution in [0, 0.1) is 0 Å². The number of nitrogens with two attached hydrogens (primary N) is 1. The van der Waals surface area contributed by atoms with Crippen LogP contribution in [0.3, 0.4) is 0 Å². The average molecular weight is 383 g/mol. The highest BCUT2D eigenvalue weighted by Gasteiger charge is 2.16. The van der Waals surface area contributed by atoms with Gasteiger partial charge in [-0.05, 0) is 34.7 Å². The Morgan fingerprint density at radius 3 is 2.28 bits per heavy atom. The first kappa shape index (κ1) is 18.9. The van der Waals surface area contributed by atoms with Gasteiger partial charge in [-0.15, -0.1) is 0 Å². The van der Waals surface area contributed by atoms with E-state index in [9.17, 15) is 4.79 Å². The molecule has 2 N–H and O–H groups in total. The number of anilines is 1. The van der Waals surface area contributed by atoms with Gasteiger partial charge in [-0.25, -0.2) is 4.79 Å². The van der Waals surface area contributed by atoms with E-state index >= 15 is 0 Å². The van der Waals surface area contributed by atoms with E-state index in [2.05, 4.69) is 37.9 Å². The Kier molecular flexibility index (Phi) is 4.71. The smallest absolute Gasteiger partial charge is 0.348 e. The number of hydrogen-bond acceptors (Lipinski definition) is 3. The van der Waals surface area contributed by atoms with Gasteiger partial charge in [-0.3, -0.25) is 4.57 Å². The zero-order chi connectivity index (χ0) is 20.6. The largest absolute Gasteiger partial charge is 0.399 e. The van der Waals surface area contributed by atoms with Gasteiger partial charge >= 0.3 is 5.69 Å². The summed E-state index contributed by atoms with van der Waals surface area (Å²) in [5, 5.41) is 0.879. The molecular weight excluding hydrogens is 358 g/mol. The monoisotopic (exact) mass is 383 g/mol. The van der Waals surface area contributed by atoms with Gasteiger partial charge in [0, 0.05) is 16.6 Å². The molecule has 29 heavy (non-hydrogen) atoms. The van der Waals surface area contributed by atoms with Crippen LogP contribution in [0.4, 0.5) is 5.69 Å². The third-order valence-corrected chi connectivity index (χ3v) is 5.21. The molecule has 0 amide bonds. The molecule has 0 saturated heterocycles. The summed E-state index contributed by atoms with van der Waals surface area (Å²) in [6.07, 6.45) is 0. The fourth-order valence-electron chi connectivity index (χ4n) is 3.56. The molecule has 0 aliphatic rings. The molecule has 0 unspecified atom stereocenters. The molecule has 4 aromatic rings. The first-order valence-corrected chi connectivity index (χ1v) is 9.78. The van der Waals surface area contributed by atoms with Gasteiger partial charge in [0.25, 0.3) is 0 Å². The van der Waals surface area contributed by atoms with Crippen molar-refractivity contribution in [2.75, 3.05) is 5.73 Å². The Labute approximate surface area is 170 Å². The molecule has 0 saturated carbocycles. The minimum atomic E-state index is -0.263. The van der Waals surface area contributed by atoms with E-state index in [0.29, 0.717) is 17.9 Å². The van der Waals surface area contributed by atoms with E-state index in [-0.39, 0.29) is 11.1 Å². The van der Waals surface area contributed by atoms with E-state index in [1.165, 1.54) is 5.56 Å². The lowest BCUT2D eigenvalue weighted by atomic mass is 9.86. The van der Waals surface area contributed by atoms with Crippen molar-refractivity contribution in [3.63, 3.8) is 0 Å². The van der Waals surface area contributed by atoms with E-state index in [1.807, 2.05) is 60.7 Å². The molecule has 0 aliphatic carbocycles. The van der Waals surface area contributed by atoms with Crippen LogP contribution in [-0.2, 0) is 12.0 Å². The second-order valence-electron chi connectivity index (χ2n) is 8.42. The summed E-state index contributed by atoms with van der Waals surface area (Å²) in [6, 6.07) is 23.8. The summed E-state index contributed by atoms with van der Waals surface area (Å²) in [4.78, 5) is 17.4. The van der Waals surface area contributed by atoms with E-state index in [1.54, 1.807) is 4.57 Å². The van der Waals surface area contributed by atoms with E-state index in [4.69, 9.17) is 5.73 Å². The topological polar surface area (TPSA) is 60.9 Å². The van der Waals surface area contributed by atoms with Gasteiger partial charge in [0.2, 0.25) is 0 Å². The third kappa shape index (κ3) is 3.79. The fraction of sp³-hybridized carbons (Fsp3) is 0.200. The van der Waals surface area contributed by atoms with Gasteiger partial charge in [0.05, 0.1) is 17.8 Å². The highest BCUT2D eigenvalue weighted by Crippen LogP contribution is 2.30. The van der Waals surface area contributed by atoms with Crippen LogP contribution in [0.25, 0.3) is 22.2 Å². The number of aromatic nitrogens is 2. The molecule has 4 nitrogen and oxygen atoms in total. The molecule has 1 aromatic heterocycles. The van der Waals surface area contributed by atoms with Crippen molar-refractivity contribution in [1.82, 2.24) is 9.55 Å². The van der Waals surface area contributed by atoms with Gasteiger partial charge in [0.15, 0.2) is 0 Å². The van der Waals surface area contributed by atoms with Crippen molar-refractivity contribution in [1.29, 1.82) is 0 Å². The SMILES string of the molecule is CC(C)(C)c1ccc(-c2nc(=O)n(Cc3ccccc3)c3ccc(N)cc23)cc1. The standard InChI is InChI=1S/C25H25N3O/c1-25(2,3)19-11-9-18(10-12-19)23-21-15-20(26)13-14-22(21)28(24(29)27-23)16-17-7-5-4-6-8-17/h4-15H,16,26H2,1-3H3. The molecule has 0 aliphatic heterocycles. The summed E-state index contributed by atoms with van der Waals surface area (Å²) >= 11 is 0. The summed E-state index contributed by atoms with van der Waals surface area (Å²) in [5.74, 6) is 0. The van der Waals surface area contributed by atoms with Crippen LogP contribution in [0.5, 0.6) is 0 Å². The predicted molar refractivity (Wildman–Crippen MR) is 120 cm³/mol. The summed E-state index contributed by atoms with van der Waals surface area (Å²) < 4.78 is 1.71. The Bertz CT molecular complexity index is 1220. The number of rotatable bonds is 3. The zero-order valence-corrected chi connectivity index (χ0v) is 17.0. The Morgan fingerprint density at radius 2 is 1.62 bits per heavy atom. The van der Waals surface area contributed by atoms with Crippen LogP contribution in [-0.4, -0.2) is 9.55 Å². The fourth-order valence-corrected chi connectivity index (χ4v) is 3.56. The molecular formula is C25H25N3O. The first-order valence-electron chi connectivity index (χ1n) is 9.78.